The number of amides is 1. The third-order valence-corrected chi connectivity index (χ3v) is 5.89. The predicted molar refractivity (Wildman–Crippen MR) is 116 cm³/mol. The van der Waals surface area contributed by atoms with Gasteiger partial charge in [-0.2, -0.15) is 5.10 Å². The lowest BCUT2D eigenvalue weighted by atomic mass is 9.91. The second-order valence-electron chi connectivity index (χ2n) is 9.14. The van der Waals surface area contributed by atoms with Gasteiger partial charge in [0.2, 0.25) is 0 Å². The summed E-state index contributed by atoms with van der Waals surface area (Å²) in [7, 11) is 0. The van der Waals surface area contributed by atoms with Crippen LogP contribution in [0.3, 0.4) is 0 Å². The zero-order valence-electron chi connectivity index (χ0n) is 17.7. The molecule has 6 rings (SSSR count). The molecule has 0 saturated carbocycles. The van der Waals surface area contributed by atoms with Crippen LogP contribution >= 0.6 is 0 Å². The van der Waals surface area contributed by atoms with E-state index < -0.39 is 5.60 Å². The average Bonchev–Trinajstić information content (AvgIpc) is 3.17. The molecule has 3 saturated heterocycles. The number of carbonyl (C=O) groups excluding carboxylic acids is 1. The second kappa shape index (κ2) is 7.00. The Labute approximate surface area is 176 Å². The van der Waals surface area contributed by atoms with Crippen LogP contribution in [0.5, 0.6) is 0 Å². The Hall–Kier alpha value is -3.09. The molecule has 7 nitrogen and oxygen atoms in total. The van der Waals surface area contributed by atoms with Gasteiger partial charge < -0.3 is 14.5 Å². The van der Waals surface area contributed by atoms with Crippen LogP contribution in [-0.2, 0) is 4.74 Å². The van der Waals surface area contributed by atoms with Gasteiger partial charge in [0.05, 0.1) is 23.4 Å². The minimum atomic E-state index is -0.474. The van der Waals surface area contributed by atoms with Crippen LogP contribution in [-0.4, -0.2) is 56.4 Å². The summed E-state index contributed by atoms with van der Waals surface area (Å²) >= 11 is 0. The fourth-order valence-corrected chi connectivity index (χ4v) is 4.52. The number of piperidine rings is 2. The van der Waals surface area contributed by atoms with E-state index in [2.05, 4.69) is 28.2 Å². The molecule has 0 radical (unpaired) electrons. The molecule has 0 aliphatic carbocycles. The van der Waals surface area contributed by atoms with Crippen molar-refractivity contribution in [2.24, 2.45) is 0 Å². The summed E-state index contributed by atoms with van der Waals surface area (Å²) in [5, 5.41) is 4.44. The third-order valence-electron chi connectivity index (χ3n) is 5.89. The highest BCUT2D eigenvalue weighted by Crippen LogP contribution is 2.34. The molecule has 7 heteroatoms. The largest absolute Gasteiger partial charge is 0.444 e. The van der Waals surface area contributed by atoms with Gasteiger partial charge in [-0.05, 0) is 57.9 Å². The molecule has 3 aliphatic rings. The Balaban J connectivity index is 1.39. The molecule has 0 aromatic carbocycles. The van der Waals surface area contributed by atoms with Gasteiger partial charge in [-0.15, -0.1) is 0 Å². The Kier molecular flexibility index (Phi) is 4.41. The molecular weight excluding hydrogens is 378 g/mol. The van der Waals surface area contributed by atoms with Crippen molar-refractivity contribution in [3.63, 3.8) is 0 Å². The molecule has 0 N–H and O–H groups in total. The summed E-state index contributed by atoms with van der Waals surface area (Å²) in [6, 6.07) is 12.6. The van der Waals surface area contributed by atoms with Crippen molar-refractivity contribution in [1.82, 2.24) is 19.5 Å². The number of piperazine rings is 1. The smallest absolute Gasteiger partial charge is 0.410 e. The van der Waals surface area contributed by atoms with Crippen molar-refractivity contribution in [2.45, 2.75) is 51.3 Å². The standard InChI is InChI=1S/C23H27N5O2/c1-23(2,3)30-22(29)27-15-16-10-11-17(27)14-26(16)21-9-6-7-19(25-21)18-13-24-28-12-5-4-8-20(18)28/h4-9,12-13,16-17H,10-11,14-15H2,1-3H3. The van der Waals surface area contributed by atoms with Gasteiger partial charge in [0.15, 0.2) is 0 Å². The average molecular weight is 406 g/mol. The lowest BCUT2D eigenvalue weighted by Gasteiger charge is -2.51. The van der Waals surface area contributed by atoms with Gasteiger partial charge in [-0.3, -0.25) is 0 Å². The topological polar surface area (TPSA) is 63.0 Å². The lowest BCUT2D eigenvalue weighted by Crippen LogP contribution is -2.64. The lowest BCUT2D eigenvalue weighted by molar-refractivity contribution is 0.000787. The summed E-state index contributed by atoms with van der Waals surface area (Å²) in [6.45, 7) is 7.21. The number of rotatable bonds is 2. The highest BCUT2D eigenvalue weighted by molar-refractivity contribution is 5.78. The Morgan fingerprint density at radius 3 is 2.67 bits per heavy atom. The molecule has 3 fully saturated rings. The zero-order valence-corrected chi connectivity index (χ0v) is 17.7. The minimum absolute atomic E-state index is 0.160. The quantitative estimate of drug-likeness (QED) is 0.645. The number of carbonyl (C=O) groups is 1. The van der Waals surface area contributed by atoms with Gasteiger partial charge in [0.1, 0.15) is 11.4 Å². The molecule has 0 spiro atoms. The number of hydrogen-bond acceptors (Lipinski definition) is 5. The number of hydrogen-bond donors (Lipinski definition) is 0. The van der Waals surface area contributed by atoms with Crippen LogP contribution in [0.25, 0.3) is 16.8 Å². The van der Waals surface area contributed by atoms with Crippen LogP contribution < -0.4 is 4.90 Å². The molecule has 2 bridgehead atoms. The van der Waals surface area contributed by atoms with Crippen molar-refractivity contribution in [3.05, 3.63) is 48.8 Å². The molecular formula is C23H27N5O2. The summed E-state index contributed by atoms with van der Waals surface area (Å²) in [4.78, 5) is 21.9. The monoisotopic (exact) mass is 405 g/mol. The molecule has 6 heterocycles. The molecule has 3 aromatic rings. The van der Waals surface area contributed by atoms with Gasteiger partial charge >= 0.3 is 6.09 Å². The van der Waals surface area contributed by atoms with Crippen molar-refractivity contribution in [2.75, 3.05) is 18.0 Å². The van der Waals surface area contributed by atoms with Crippen molar-refractivity contribution >= 4 is 17.4 Å². The molecule has 2 unspecified atom stereocenters. The van der Waals surface area contributed by atoms with Crippen LogP contribution in [0, 0.1) is 0 Å². The van der Waals surface area contributed by atoms with Crippen molar-refractivity contribution in [3.8, 4) is 11.3 Å². The maximum atomic E-state index is 12.6. The first kappa shape index (κ1) is 18.9. The van der Waals surface area contributed by atoms with E-state index in [1.165, 1.54) is 0 Å². The number of fused-ring (bicyclic) bond motifs is 4. The molecule has 3 aliphatic heterocycles. The van der Waals surface area contributed by atoms with E-state index >= 15 is 0 Å². The predicted octanol–water partition coefficient (Wildman–Crippen LogP) is 3.98. The summed E-state index contributed by atoms with van der Waals surface area (Å²) in [6.07, 6.45) is 5.68. The number of ether oxygens (including phenoxy) is 1. The number of aromatic nitrogens is 3. The van der Waals surface area contributed by atoms with Crippen molar-refractivity contribution in [1.29, 1.82) is 0 Å². The fraction of sp³-hybridized carbons (Fsp3) is 0.435. The molecule has 156 valence electrons. The Morgan fingerprint density at radius 1 is 1.07 bits per heavy atom. The van der Waals surface area contributed by atoms with Crippen LogP contribution in [0.1, 0.15) is 33.6 Å². The first-order valence-corrected chi connectivity index (χ1v) is 10.6. The van der Waals surface area contributed by atoms with E-state index in [1.807, 2.05) is 60.8 Å². The van der Waals surface area contributed by atoms with Crippen LogP contribution in [0.4, 0.5) is 10.6 Å². The SMILES string of the molecule is CC(C)(C)OC(=O)N1CC2CCC1CN2c1cccc(-c2cnn3ccccc23)n1. The zero-order chi connectivity index (χ0) is 20.9. The molecule has 3 aromatic heterocycles. The summed E-state index contributed by atoms with van der Waals surface area (Å²) in [5.74, 6) is 0.960. The van der Waals surface area contributed by atoms with Crippen LogP contribution in [0.15, 0.2) is 48.8 Å². The van der Waals surface area contributed by atoms with Gasteiger partial charge in [-0.25, -0.2) is 14.3 Å². The third kappa shape index (κ3) is 3.38. The van der Waals surface area contributed by atoms with Gasteiger partial charge in [0, 0.05) is 30.9 Å². The van der Waals surface area contributed by atoms with E-state index in [4.69, 9.17) is 9.72 Å². The number of anilines is 1. The Morgan fingerprint density at radius 2 is 1.90 bits per heavy atom. The van der Waals surface area contributed by atoms with E-state index in [9.17, 15) is 4.79 Å². The second-order valence-corrected chi connectivity index (χ2v) is 9.14. The van der Waals surface area contributed by atoms with E-state index in [0.29, 0.717) is 6.54 Å². The highest BCUT2D eigenvalue weighted by atomic mass is 16.6. The van der Waals surface area contributed by atoms with Crippen molar-refractivity contribution < 1.29 is 9.53 Å². The van der Waals surface area contributed by atoms with E-state index in [1.54, 1.807) is 0 Å². The molecule has 2 atom stereocenters. The van der Waals surface area contributed by atoms with E-state index in [-0.39, 0.29) is 18.2 Å². The summed E-state index contributed by atoms with van der Waals surface area (Å²) in [5.41, 5.74) is 2.50. The van der Waals surface area contributed by atoms with Gasteiger partial charge in [-0.1, -0.05) is 12.1 Å². The number of pyridine rings is 2. The summed E-state index contributed by atoms with van der Waals surface area (Å²) < 4.78 is 7.49. The molecule has 1 amide bonds. The number of nitrogens with zero attached hydrogens (tertiary/aromatic N) is 5. The van der Waals surface area contributed by atoms with Gasteiger partial charge in [0.25, 0.3) is 0 Å². The van der Waals surface area contributed by atoms with E-state index in [0.717, 1.165) is 42.0 Å². The first-order chi connectivity index (χ1) is 14.4. The fourth-order valence-electron chi connectivity index (χ4n) is 4.52. The highest BCUT2D eigenvalue weighted by Gasteiger charge is 2.43. The van der Waals surface area contributed by atoms with Crippen LogP contribution in [0.2, 0.25) is 0 Å². The first-order valence-electron chi connectivity index (χ1n) is 10.6. The maximum absolute atomic E-state index is 12.6. The minimum Gasteiger partial charge on any atom is -0.444 e. The molecule has 30 heavy (non-hydrogen) atoms. The normalized spacial score (nSPS) is 21.3. The Bertz CT molecular complexity index is 1090. The maximum Gasteiger partial charge on any atom is 0.410 e.